The number of piperidine rings is 1. The SMILES string of the molecule is CCN1CCCCC1=Nc1ccccc1. The first-order chi connectivity index (χ1) is 7.40. The van der Waals surface area contributed by atoms with Crippen LogP contribution in [-0.4, -0.2) is 23.8 Å². The van der Waals surface area contributed by atoms with E-state index in [9.17, 15) is 0 Å². The molecule has 0 aliphatic carbocycles. The molecule has 0 bridgehead atoms. The van der Waals surface area contributed by atoms with E-state index in [1.54, 1.807) is 0 Å². The maximum Gasteiger partial charge on any atom is 0.105 e. The van der Waals surface area contributed by atoms with Crippen molar-refractivity contribution in [3.8, 4) is 0 Å². The summed E-state index contributed by atoms with van der Waals surface area (Å²) in [7, 11) is 0. The van der Waals surface area contributed by atoms with Crippen LogP contribution in [0.15, 0.2) is 35.3 Å². The maximum atomic E-state index is 4.71. The molecule has 0 spiro atoms. The first-order valence-corrected chi connectivity index (χ1v) is 5.77. The van der Waals surface area contributed by atoms with Crippen LogP contribution in [0.1, 0.15) is 26.2 Å². The van der Waals surface area contributed by atoms with Crippen molar-refractivity contribution >= 4 is 11.5 Å². The Morgan fingerprint density at radius 3 is 2.73 bits per heavy atom. The number of amidine groups is 1. The zero-order chi connectivity index (χ0) is 10.5. The summed E-state index contributed by atoms with van der Waals surface area (Å²) in [5.41, 5.74) is 1.08. The van der Waals surface area contributed by atoms with Crippen LogP contribution in [0.2, 0.25) is 0 Å². The molecule has 0 aromatic heterocycles. The fourth-order valence-corrected chi connectivity index (χ4v) is 1.99. The zero-order valence-electron chi connectivity index (χ0n) is 9.32. The number of nitrogens with zero attached hydrogens (tertiary/aromatic N) is 2. The third kappa shape index (κ3) is 2.58. The number of hydrogen-bond donors (Lipinski definition) is 0. The zero-order valence-corrected chi connectivity index (χ0v) is 9.32. The highest BCUT2D eigenvalue weighted by Crippen LogP contribution is 2.17. The molecule has 1 saturated heterocycles. The minimum Gasteiger partial charge on any atom is -0.360 e. The van der Waals surface area contributed by atoms with E-state index in [2.05, 4.69) is 24.0 Å². The van der Waals surface area contributed by atoms with Gasteiger partial charge in [-0.05, 0) is 31.9 Å². The number of likely N-dealkylation sites (tertiary alicyclic amines) is 1. The van der Waals surface area contributed by atoms with Gasteiger partial charge >= 0.3 is 0 Å². The van der Waals surface area contributed by atoms with Gasteiger partial charge in [0, 0.05) is 19.5 Å². The summed E-state index contributed by atoms with van der Waals surface area (Å²) in [5, 5.41) is 0. The largest absolute Gasteiger partial charge is 0.360 e. The molecule has 0 saturated carbocycles. The maximum absolute atomic E-state index is 4.71. The number of aliphatic imine (C=N–C) groups is 1. The average molecular weight is 202 g/mol. The van der Waals surface area contributed by atoms with Gasteiger partial charge in [-0.15, -0.1) is 0 Å². The van der Waals surface area contributed by atoms with E-state index in [0.29, 0.717) is 0 Å². The molecule has 0 atom stereocenters. The Morgan fingerprint density at radius 2 is 2.00 bits per heavy atom. The van der Waals surface area contributed by atoms with Crippen LogP contribution in [0.5, 0.6) is 0 Å². The molecule has 1 aliphatic rings. The van der Waals surface area contributed by atoms with Crippen molar-refractivity contribution in [2.75, 3.05) is 13.1 Å². The Morgan fingerprint density at radius 1 is 1.20 bits per heavy atom. The molecule has 0 N–H and O–H groups in total. The summed E-state index contributed by atoms with van der Waals surface area (Å²) < 4.78 is 0. The Balaban J connectivity index is 2.17. The number of hydrogen-bond acceptors (Lipinski definition) is 1. The van der Waals surface area contributed by atoms with Crippen LogP contribution < -0.4 is 0 Å². The number of para-hydroxylation sites is 1. The Bertz CT molecular complexity index is 330. The molecule has 0 radical (unpaired) electrons. The van der Waals surface area contributed by atoms with E-state index >= 15 is 0 Å². The standard InChI is InChI=1S/C13H18N2/c1-2-15-11-7-6-10-13(15)14-12-8-4-3-5-9-12/h3-5,8-9H,2,6-7,10-11H2,1H3. The lowest BCUT2D eigenvalue weighted by molar-refractivity contribution is 0.387. The number of benzene rings is 1. The Kier molecular flexibility index (Phi) is 3.38. The van der Waals surface area contributed by atoms with Crippen molar-refractivity contribution in [3.05, 3.63) is 30.3 Å². The molecule has 1 heterocycles. The lowest BCUT2D eigenvalue weighted by atomic mass is 10.1. The van der Waals surface area contributed by atoms with Crippen LogP contribution in [0.3, 0.4) is 0 Å². The summed E-state index contributed by atoms with van der Waals surface area (Å²) >= 11 is 0. The van der Waals surface area contributed by atoms with Crippen molar-refractivity contribution in [2.24, 2.45) is 4.99 Å². The van der Waals surface area contributed by atoms with Crippen LogP contribution in [0, 0.1) is 0 Å². The highest BCUT2D eigenvalue weighted by atomic mass is 15.2. The third-order valence-electron chi connectivity index (χ3n) is 2.84. The second-order valence-corrected chi connectivity index (χ2v) is 3.90. The van der Waals surface area contributed by atoms with Crippen molar-refractivity contribution in [1.82, 2.24) is 4.90 Å². The van der Waals surface area contributed by atoms with E-state index in [1.165, 1.54) is 25.2 Å². The predicted octanol–water partition coefficient (Wildman–Crippen LogP) is 3.22. The summed E-state index contributed by atoms with van der Waals surface area (Å²) in [5.74, 6) is 1.26. The third-order valence-corrected chi connectivity index (χ3v) is 2.84. The van der Waals surface area contributed by atoms with Crippen molar-refractivity contribution < 1.29 is 0 Å². The molecule has 1 fully saturated rings. The van der Waals surface area contributed by atoms with Gasteiger partial charge < -0.3 is 4.90 Å². The molecule has 15 heavy (non-hydrogen) atoms. The lowest BCUT2D eigenvalue weighted by Crippen LogP contribution is -2.34. The van der Waals surface area contributed by atoms with Crippen molar-refractivity contribution in [3.63, 3.8) is 0 Å². The molecule has 2 rings (SSSR count). The fraction of sp³-hybridized carbons (Fsp3) is 0.462. The van der Waals surface area contributed by atoms with Crippen molar-refractivity contribution in [2.45, 2.75) is 26.2 Å². The van der Waals surface area contributed by atoms with Gasteiger partial charge in [0.1, 0.15) is 5.84 Å². The van der Waals surface area contributed by atoms with Crippen LogP contribution in [-0.2, 0) is 0 Å². The van der Waals surface area contributed by atoms with Gasteiger partial charge in [-0.1, -0.05) is 18.2 Å². The van der Waals surface area contributed by atoms with Gasteiger partial charge in [0.15, 0.2) is 0 Å². The molecule has 0 amide bonds. The molecule has 1 aromatic rings. The smallest absolute Gasteiger partial charge is 0.105 e. The van der Waals surface area contributed by atoms with Gasteiger partial charge in [-0.2, -0.15) is 0 Å². The molecule has 1 aliphatic heterocycles. The second-order valence-electron chi connectivity index (χ2n) is 3.90. The van der Waals surface area contributed by atoms with Gasteiger partial charge in [-0.25, -0.2) is 4.99 Å². The second kappa shape index (κ2) is 4.96. The van der Waals surface area contributed by atoms with Crippen LogP contribution in [0.4, 0.5) is 5.69 Å². The molecular weight excluding hydrogens is 184 g/mol. The van der Waals surface area contributed by atoms with E-state index < -0.39 is 0 Å². The Labute approximate surface area is 91.6 Å². The fourth-order valence-electron chi connectivity index (χ4n) is 1.99. The first kappa shape index (κ1) is 10.2. The predicted molar refractivity (Wildman–Crippen MR) is 64.6 cm³/mol. The van der Waals surface area contributed by atoms with E-state index in [4.69, 9.17) is 4.99 Å². The minimum atomic E-state index is 1.08. The van der Waals surface area contributed by atoms with Crippen molar-refractivity contribution in [1.29, 1.82) is 0 Å². The molecule has 2 nitrogen and oxygen atoms in total. The van der Waals surface area contributed by atoms with Gasteiger partial charge in [0.05, 0.1) is 5.69 Å². The molecule has 0 unspecified atom stereocenters. The quantitative estimate of drug-likeness (QED) is 0.719. The van der Waals surface area contributed by atoms with E-state index in [0.717, 1.165) is 18.7 Å². The minimum absolute atomic E-state index is 1.08. The highest BCUT2D eigenvalue weighted by molar-refractivity contribution is 5.85. The molecule has 1 aromatic carbocycles. The highest BCUT2D eigenvalue weighted by Gasteiger charge is 2.14. The van der Waals surface area contributed by atoms with E-state index in [-0.39, 0.29) is 0 Å². The molecule has 2 heteroatoms. The summed E-state index contributed by atoms with van der Waals surface area (Å²) in [6.45, 7) is 4.44. The van der Waals surface area contributed by atoms with E-state index in [1.807, 2.05) is 18.2 Å². The monoisotopic (exact) mass is 202 g/mol. The first-order valence-electron chi connectivity index (χ1n) is 5.77. The summed E-state index contributed by atoms with van der Waals surface area (Å²) in [6, 6.07) is 10.2. The lowest BCUT2D eigenvalue weighted by Gasteiger charge is -2.29. The van der Waals surface area contributed by atoms with Gasteiger partial charge in [-0.3, -0.25) is 0 Å². The number of rotatable bonds is 2. The normalized spacial score (nSPS) is 19.5. The van der Waals surface area contributed by atoms with Crippen LogP contribution >= 0.6 is 0 Å². The molecular formula is C13H18N2. The summed E-state index contributed by atoms with van der Waals surface area (Å²) in [6.07, 6.45) is 3.71. The average Bonchev–Trinajstić information content (AvgIpc) is 2.31. The Hall–Kier alpha value is -1.31. The van der Waals surface area contributed by atoms with Gasteiger partial charge in [0.25, 0.3) is 0 Å². The van der Waals surface area contributed by atoms with Gasteiger partial charge in [0.2, 0.25) is 0 Å². The molecule has 80 valence electrons. The topological polar surface area (TPSA) is 15.6 Å². The summed E-state index contributed by atoms with van der Waals surface area (Å²) in [4.78, 5) is 7.10. The van der Waals surface area contributed by atoms with Crippen LogP contribution in [0.25, 0.3) is 0 Å².